The number of nitrogens with two attached hydrogens (primary N) is 1. The van der Waals surface area contributed by atoms with Crippen molar-refractivity contribution in [3.05, 3.63) is 34.3 Å². The fourth-order valence-corrected chi connectivity index (χ4v) is 1.90. The van der Waals surface area contributed by atoms with Gasteiger partial charge in [-0.05, 0) is 56.4 Å². The molecule has 0 aliphatic carbocycles. The summed E-state index contributed by atoms with van der Waals surface area (Å²) < 4.78 is 0. The summed E-state index contributed by atoms with van der Waals surface area (Å²) in [5.74, 6) is 0. The maximum atomic E-state index is 5.97. The molecule has 0 aliphatic heterocycles. The highest BCUT2D eigenvalue weighted by Gasteiger charge is 1.99. The van der Waals surface area contributed by atoms with Crippen molar-refractivity contribution in [2.24, 2.45) is 5.73 Å². The minimum Gasteiger partial charge on any atom is -0.328 e. The van der Waals surface area contributed by atoms with Gasteiger partial charge in [0.15, 0.2) is 0 Å². The van der Waals surface area contributed by atoms with Gasteiger partial charge in [-0.1, -0.05) is 17.7 Å². The summed E-state index contributed by atoms with van der Waals surface area (Å²) in [6, 6.07) is 6.51. The normalized spacial score (nSPS) is 12.9. The van der Waals surface area contributed by atoms with E-state index in [-0.39, 0.29) is 0 Å². The van der Waals surface area contributed by atoms with E-state index in [9.17, 15) is 0 Å². The molecule has 1 nitrogen and oxygen atoms in total. The van der Waals surface area contributed by atoms with Gasteiger partial charge in [0, 0.05) is 11.1 Å². The molecule has 1 atom stereocenters. The predicted molar refractivity (Wildman–Crippen MR) is 62.8 cm³/mol. The van der Waals surface area contributed by atoms with Crippen LogP contribution in [0.3, 0.4) is 0 Å². The van der Waals surface area contributed by atoms with Crippen LogP contribution in [-0.4, -0.2) is 6.04 Å². The van der Waals surface area contributed by atoms with E-state index in [1.807, 2.05) is 19.1 Å². The fraction of sp³-hybridized carbons (Fsp3) is 0.500. The largest absolute Gasteiger partial charge is 0.328 e. The van der Waals surface area contributed by atoms with Gasteiger partial charge in [0.1, 0.15) is 0 Å². The van der Waals surface area contributed by atoms with Crippen molar-refractivity contribution >= 4 is 11.6 Å². The number of hydrogen-bond acceptors (Lipinski definition) is 1. The Morgan fingerprint density at radius 3 is 2.64 bits per heavy atom. The Hall–Kier alpha value is -0.530. The molecule has 0 amide bonds. The lowest BCUT2D eigenvalue weighted by atomic mass is 10.0. The molecule has 0 radical (unpaired) electrons. The van der Waals surface area contributed by atoms with Gasteiger partial charge in [-0.3, -0.25) is 0 Å². The highest BCUT2D eigenvalue weighted by atomic mass is 35.5. The quantitative estimate of drug-likeness (QED) is 0.813. The second-order valence-electron chi connectivity index (χ2n) is 4.01. The molecule has 1 unspecified atom stereocenters. The lowest BCUT2D eigenvalue weighted by Crippen LogP contribution is -2.14. The van der Waals surface area contributed by atoms with E-state index in [1.165, 1.54) is 11.1 Å². The Kier molecular flexibility index (Phi) is 4.43. The van der Waals surface area contributed by atoms with E-state index in [0.717, 1.165) is 24.3 Å². The van der Waals surface area contributed by atoms with Gasteiger partial charge >= 0.3 is 0 Å². The molecule has 0 fully saturated rings. The highest BCUT2D eigenvalue weighted by Crippen LogP contribution is 2.16. The smallest absolute Gasteiger partial charge is 0.0411 e. The SMILES string of the molecule is Cc1cc(Cl)cc(CCCC(C)N)c1. The molecule has 0 aliphatic rings. The molecule has 14 heavy (non-hydrogen) atoms. The summed E-state index contributed by atoms with van der Waals surface area (Å²) in [5, 5.41) is 0.834. The van der Waals surface area contributed by atoms with Crippen LogP contribution in [0, 0.1) is 6.92 Å². The van der Waals surface area contributed by atoms with Gasteiger partial charge in [0.05, 0.1) is 0 Å². The van der Waals surface area contributed by atoms with Gasteiger partial charge < -0.3 is 5.73 Å². The summed E-state index contributed by atoms with van der Waals surface area (Å²) in [6.45, 7) is 4.12. The Morgan fingerprint density at radius 2 is 2.07 bits per heavy atom. The molecule has 2 heteroatoms. The molecule has 1 rings (SSSR count). The molecular weight excluding hydrogens is 194 g/mol. The minimum atomic E-state index is 0.301. The summed E-state index contributed by atoms with van der Waals surface area (Å²) in [7, 11) is 0. The second-order valence-corrected chi connectivity index (χ2v) is 4.44. The predicted octanol–water partition coefficient (Wildman–Crippen LogP) is 3.32. The maximum absolute atomic E-state index is 5.97. The van der Waals surface area contributed by atoms with Crippen LogP contribution in [0.15, 0.2) is 18.2 Å². The van der Waals surface area contributed by atoms with Crippen molar-refractivity contribution < 1.29 is 0 Å². The summed E-state index contributed by atoms with van der Waals surface area (Å²) >= 11 is 5.97. The van der Waals surface area contributed by atoms with Crippen LogP contribution < -0.4 is 5.73 Å². The Labute approximate surface area is 91.3 Å². The minimum absolute atomic E-state index is 0.301. The first-order valence-electron chi connectivity index (χ1n) is 5.09. The molecule has 0 bridgehead atoms. The van der Waals surface area contributed by atoms with Gasteiger partial charge in [0.2, 0.25) is 0 Å². The first kappa shape index (κ1) is 11.5. The van der Waals surface area contributed by atoms with Crippen molar-refractivity contribution in [3.8, 4) is 0 Å². The Bertz CT molecular complexity index is 274. The van der Waals surface area contributed by atoms with Crippen LogP contribution >= 0.6 is 11.6 Å². The standard InChI is InChI=1S/C12H18ClN/c1-9-6-11(8-12(13)7-9)5-3-4-10(2)14/h6-8,10H,3-5,14H2,1-2H3. The van der Waals surface area contributed by atoms with Gasteiger partial charge in [-0.25, -0.2) is 0 Å². The first-order valence-corrected chi connectivity index (χ1v) is 5.47. The summed E-state index contributed by atoms with van der Waals surface area (Å²) in [5.41, 5.74) is 8.24. The molecular formula is C12H18ClN. The lowest BCUT2D eigenvalue weighted by Gasteiger charge is -2.06. The molecule has 0 saturated heterocycles. The van der Waals surface area contributed by atoms with Crippen molar-refractivity contribution in [1.29, 1.82) is 0 Å². The lowest BCUT2D eigenvalue weighted by molar-refractivity contribution is 0.624. The molecule has 0 saturated carbocycles. The molecule has 1 aromatic rings. The van der Waals surface area contributed by atoms with Crippen molar-refractivity contribution in [2.75, 3.05) is 0 Å². The average Bonchev–Trinajstić information content (AvgIpc) is 2.01. The van der Waals surface area contributed by atoms with E-state index in [2.05, 4.69) is 13.0 Å². The number of rotatable bonds is 4. The van der Waals surface area contributed by atoms with Gasteiger partial charge in [-0.15, -0.1) is 0 Å². The zero-order valence-corrected chi connectivity index (χ0v) is 9.64. The average molecular weight is 212 g/mol. The molecule has 2 N–H and O–H groups in total. The van der Waals surface area contributed by atoms with E-state index < -0.39 is 0 Å². The molecule has 0 spiro atoms. The highest BCUT2D eigenvalue weighted by molar-refractivity contribution is 6.30. The summed E-state index contributed by atoms with van der Waals surface area (Å²) in [4.78, 5) is 0. The number of aryl methyl sites for hydroxylation is 2. The van der Waals surface area contributed by atoms with Crippen molar-refractivity contribution in [1.82, 2.24) is 0 Å². The number of hydrogen-bond donors (Lipinski definition) is 1. The monoisotopic (exact) mass is 211 g/mol. The van der Waals surface area contributed by atoms with E-state index in [4.69, 9.17) is 17.3 Å². The van der Waals surface area contributed by atoms with Gasteiger partial charge in [0.25, 0.3) is 0 Å². The van der Waals surface area contributed by atoms with Crippen LogP contribution in [0.5, 0.6) is 0 Å². The van der Waals surface area contributed by atoms with Crippen LogP contribution in [0.4, 0.5) is 0 Å². The van der Waals surface area contributed by atoms with Crippen LogP contribution in [-0.2, 0) is 6.42 Å². The zero-order chi connectivity index (χ0) is 10.6. The topological polar surface area (TPSA) is 26.0 Å². The molecule has 1 aromatic carbocycles. The zero-order valence-electron chi connectivity index (χ0n) is 8.89. The van der Waals surface area contributed by atoms with Gasteiger partial charge in [-0.2, -0.15) is 0 Å². The number of halogens is 1. The maximum Gasteiger partial charge on any atom is 0.0411 e. The third-order valence-electron chi connectivity index (χ3n) is 2.23. The van der Waals surface area contributed by atoms with E-state index in [1.54, 1.807) is 0 Å². The van der Waals surface area contributed by atoms with Crippen molar-refractivity contribution in [2.45, 2.75) is 39.2 Å². The van der Waals surface area contributed by atoms with Crippen molar-refractivity contribution in [3.63, 3.8) is 0 Å². The second kappa shape index (κ2) is 5.38. The van der Waals surface area contributed by atoms with E-state index >= 15 is 0 Å². The fourth-order valence-electron chi connectivity index (χ4n) is 1.58. The third-order valence-corrected chi connectivity index (χ3v) is 2.45. The van der Waals surface area contributed by atoms with Crippen LogP contribution in [0.25, 0.3) is 0 Å². The Balaban J connectivity index is 2.50. The van der Waals surface area contributed by atoms with Crippen LogP contribution in [0.2, 0.25) is 5.02 Å². The molecule has 78 valence electrons. The summed E-state index contributed by atoms with van der Waals surface area (Å²) in [6.07, 6.45) is 3.28. The van der Waals surface area contributed by atoms with E-state index in [0.29, 0.717) is 6.04 Å². The molecule has 0 aromatic heterocycles. The first-order chi connectivity index (χ1) is 6.58. The molecule has 0 heterocycles. The number of benzene rings is 1. The Morgan fingerprint density at radius 1 is 1.36 bits per heavy atom. The van der Waals surface area contributed by atoms with Crippen LogP contribution in [0.1, 0.15) is 30.9 Å². The third kappa shape index (κ3) is 4.12.